The summed E-state index contributed by atoms with van der Waals surface area (Å²) >= 11 is 0. The molecule has 0 amide bonds. The number of carbonyl (C=O) groups excluding carboxylic acids is 3. The second kappa shape index (κ2) is 7.80. The van der Waals surface area contributed by atoms with Crippen LogP contribution in [0.1, 0.15) is 99.8 Å². The van der Waals surface area contributed by atoms with Gasteiger partial charge in [0.15, 0.2) is 5.78 Å². The molecule has 5 rings (SSSR count). The molecule has 0 spiro atoms. The van der Waals surface area contributed by atoms with Crippen LogP contribution in [0.15, 0.2) is 11.6 Å². The molecule has 0 aromatic heterocycles. The van der Waals surface area contributed by atoms with Gasteiger partial charge < -0.3 is 9.58 Å². The van der Waals surface area contributed by atoms with E-state index in [0.717, 1.165) is 44.9 Å². The number of allylic oxidation sites excluding steroid dienone is 2. The summed E-state index contributed by atoms with van der Waals surface area (Å²) in [6.07, 6.45) is 8.48. The van der Waals surface area contributed by atoms with Gasteiger partial charge in [0.25, 0.3) is 6.04 Å². The first kappa shape index (κ1) is 26.6. The van der Waals surface area contributed by atoms with E-state index in [4.69, 9.17) is 11.3 Å². The van der Waals surface area contributed by atoms with Gasteiger partial charge in [-0.1, -0.05) is 54.0 Å². The van der Waals surface area contributed by atoms with E-state index < -0.39 is 16.9 Å². The summed E-state index contributed by atoms with van der Waals surface area (Å²) in [5.74, 6) is -0.0545. The van der Waals surface area contributed by atoms with Crippen molar-refractivity contribution in [3.63, 3.8) is 0 Å². The van der Waals surface area contributed by atoms with Crippen LogP contribution in [0.5, 0.6) is 0 Å². The van der Waals surface area contributed by atoms with Crippen LogP contribution >= 0.6 is 0 Å². The number of esters is 1. The van der Waals surface area contributed by atoms with E-state index in [1.807, 2.05) is 19.9 Å². The van der Waals surface area contributed by atoms with E-state index in [9.17, 15) is 14.4 Å². The van der Waals surface area contributed by atoms with E-state index in [-0.39, 0.29) is 56.9 Å². The number of ketones is 2. The molecule has 0 saturated heterocycles. The van der Waals surface area contributed by atoms with Crippen LogP contribution in [-0.4, -0.2) is 30.7 Å². The van der Waals surface area contributed by atoms with E-state index >= 15 is 0 Å². The molecule has 5 nitrogen and oxygen atoms in total. The predicted octanol–water partition coefficient (Wildman–Crippen LogP) is 6.61. The molecule has 5 aliphatic rings. The molecule has 5 aliphatic carbocycles. The summed E-state index contributed by atoms with van der Waals surface area (Å²) in [5, 5.41) is 0. The number of hydrogen-bond donors (Lipinski definition) is 0. The van der Waals surface area contributed by atoms with Gasteiger partial charge in [0.2, 0.25) is 5.78 Å². The lowest BCUT2D eigenvalue weighted by Crippen LogP contribution is -2.66. The molecular weight excluding hydrogens is 462 g/mol. The van der Waals surface area contributed by atoms with Gasteiger partial charge in [-0.15, -0.1) is 0 Å². The maximum Gasteiger partial charge on any atom is 0.312 e. The Morgan fingerprint density at radius 3 is 2.24 bits per heavy atom. The summed E-state index contributed by atoms with van der Waals surface area (Å²) in [6, 6.07) is -0.655. The van der Waals surface area contributed by atoms with Crippen LogP contribution in [-0.2, 0) is 19.1 Å². The van der Waals surface area contributed by atoms with Gasteiger partial charge >= 0.3 is 5.97 Å². The summed E-state index contributed by atoms with van der Waals surface area (Å²) in [5.41, 5.74) is -0.791. The molecule has 0 N–H and O–H groups in total. The highest BCUT2D eigenvalue weighted by atomic mass is 16.5. The lowest BCUT2D eigenvalue weighted by atomic mass is 9.33. The summed E-state index contributed by atoms with van der Waals surface area (Å²) in [6.45, 7) is 23.3. The lowest BCUT2D eigenvalue weighted by molar-refractivity contribution is -0.192. The Hall–Kier alpha value is -1.96. The van der Waals surface area contributed by atoms with Crippen LogP contribution in [0.25, 0.3) is 4.85 Å². The smallest absolute Gasteiger partial charge is 0.312 e. The zero-order chi connectivity index (χ0) is 27.4. The number of nitrogens with zero attached hydrogens (tertiary/aromatic N) is 1. The van der Waals surface area contributed by atoms with E-state index in [2.05, 4.69) is 39.5 Å². The molecule has 0 heterocycles. The van der Waals surface area contributed by atoms with Crippen molar-refractivity contribution in [1.29, 1.82) is 0 Å². The van der Waals surface area contributed by atoms with Crippen molar-refractivity contribution in [3.05, 3.63) is 23.1 Å². The molecule has 8 atom stereocenters. The summed E-state index contributed by atoms with van der Waals surface area (Å²) in [4.78, 5) is 44.8. The summed E-state index contributed by atoms with van der Waals surface area (Å²) < 4.78 is 5.42. The minimum atomic E-state index is -0.655. The Morgan fingerprint density at radius 2 is 1.62 bits per heavy atom. The zero-order valence-corrected chi connectivity index (χ0v) is 24.1. The molecule has 202 valence electrons. The third-order valence-corrected chi connectivity index (χ3v) is 12.8. The first-order chi connectivity index (χ1) is 17.0. The molecule has 1 unspecified atom stereocenters. The van der Waals surface area contributed by atoms with Crippen molar-refractivity contribution in [3.8, 4) is 0 Å². The van der Waals surface area contributed by atoms with E-state index in [1.165, 1.54) is 12.7 Å². The average Bonchev–Trinajstić information content (AvgIpc) is 2.82. The fourth-order valence-electron chi connectivity index (χ4n) is 10.6. The van der Waals surface area contributed by atoms with Gasteiger partial charge in [-0.25, -0.2) is 6.57 Å². The Kier molecular flexibility index (Phi) is 5.61. The lowest BCUT2D eigenvalue weighted by Gasteiger charge is -2.69. The van der Waals surface area contributed by atoms with Crippen molar-refractivity contribution < 1.29 is 19.1 Å². The largest absolute Gasteiger partial charge is 0.469 e. The fourth-order valence-corrected chi connectivity index (χ4v) is 10.6. The first-order valence-electron chi connectivity index (χ1n) is 14.3. The molecule has 0 aromatic carbocycles. The molecule has 0 aromatic rings. The first-order valence-corrected chi connectivity index (χ1v) is 14.3. The van der Waals surface area contributed by atoms with E-state index in [0.29, 0.717) is 6.42 Å². The van der Waals surface area contributed by atoms with Crippen molar-refractivity contribution in [2.45, 2.75) is 106 Å². The maximum atomic E-state index is 14.4. The zero-order valence-electron chi connectivity index (χ0n) is 24.1. The molecule has 0 bridgehead atoms. The van der Waals surface area contributed by atoms with Crippen LogP contribution in [0.4, 0.5) is 0 Å². The van der Waals surface area contributed by atoms with Gasteiger partial charge in [-0.3, -0.25) is 14.4 Å². The third-order valence-electron chi connectivity index (χ3n) is 12.8. The Bertz CT molecular complexity index is 1140. The van der Waals surface area contributed by atoms with Crippen LogP contribution in [0.2, 0.25) is 0 Å². The van der Waals surface area contributed by atoms with Crippen molar-refractivity contribution >= 4 is 17.5 Å². The average molecular weight is 508 g/mol. The monoisotopic (exact) mass is 507 g/mol. The number of hydrogen-bond acceptors (Lipinski definition) is 4. The minimum Gasteiger partial charge on any atom is -0.469 e. The molecule has 4 fully saturated rings. The quantitative estimate of drug-likeness (QED) is 0.296. The SMILES string of the molecule is [C-]#[N+]C1C[C@]2(C)C3=CC(=O)[C@@H]4[C@@H]5CC(C)(C)CC[C@]5(C(=O)OC)CC[C@@]4(C)[C@]3(C)CC[C@H]2C(C)(C)C1=O. The number of fused-ring (bicyclic) bond motifs is 7. The van der Waals surface area contributed by atoms with Crippen LogP contribution in [0, 0.1) is 56.8 Å². The van der Waals surface area contributed by atoms with Gasteiger partial charge in [0, 0.05) is 23.2 Å². The fraction of sp³-hybridized carbons (Fsp3) is 0.812. The number of Topliss-reactive ketones (excluding diaryl/α,β-unsaturated/α-hetero) is 1. The minimum absolute atomic E-state index is 0.0320. The summed E-state index contributed by atoms with van der Waals surface area (Å²) in [7, 11) is 1.49. The highest BCUT2D eigenvalue weighted by molar-refractivity contribution is 5.97. The molecule has 0 radical (unpaired) electrons. The van der Waals surface area contributed by atoms with E-state index in [1.54, 1.807) is 0 Å². The second-order valence-corrected chi connectivity index (χ2v) is 15.3. The maximum absolute atomic E-state index is 14.4. The molecule has 0 aliphatic heterocycles. The highest BCUT2D eigenvalue weighted by Crippen LogP contribution is 2.75. The Labute approximate surface area is 223 Å². The number of methoxy groups -OCH3 is 1. The van der Waals surface area contributed by atoms with Gasteiger partial charge in [-0.05, 0) is 79.1 Å². The standard InChI is InChI=1S/C32H45NO4/c1-27(2)12-14-32(26(36)37-9)15-13-31(7)24(19(32)17-27)21(34)16-23-29(5)18-20(33-8)25(35)28(3,4)22(29)10-11-30(23,31)6/h16,19-20,22,24H,10-15,17-18H2,1-7,9H3/t19-,20?,22-,24-,29-,30+,31+,32-/m0/s1. The number of carbonyl (C=O) groups is 3. The predicted molar refractivity (Wildman–Crippen MR) is 142 cm³/mol. The molecule has 5 heteroatoms. The van der Waals surface area contributed by atoms with Gasteiger partial charge in [0.05, 0.1) is 12.5 Å². The molecule has 37 heavy (non-hydrogen) atoms. The molecular formula is C32H45NO4. The Balaban J connectivity index is 1.67. The molecule has 4 saturated carbocycles. The number of rotatable bonds is 1. The third kappa shape index (κ3) is 3.17. The van der Waals surface area contributed by atoms with Gasteiger partial charge in [0.1, 0.15) is 0 Å². The normalized spacial score (nSPS) is 47.8. The van der Waals surface area contributed by atoms with Crippen molar-refractivity contribution in [2.24, 2.45) is 50.2 Å². The van der Waals surface area contributed by atoms with Crippen LogP contribution < -0.4 is 0 Å². The topological polar surface area (TPSA) is 64.8 Å². The van der Waals surface area contributed by atoms with Crippen LogP contribution in [0.3, 0.4) is 0 Å². The van der Waals surface area contributed by atoms with Crippen molar-refractivity contribution in [2.75, 3.05) is 7.11 Å². The number of ether oxygens (including phenoxy) is 1. The van der Waals surface area contributed by atoms with Gasteiger partial charge in [-0.2, -0.15) is 0 Å². The van der Waals surface area contributed by atoms with Crippen molar-refractivity contribution in [1.82, 2.24) is 0 Å². The second-order valence-electron chi connectivity index (χ2n) is 15.3. The Morgan fingerprint density at radius 1 is 0.973 bits per heavy atom. The highest BCUT2D eigenvalue weighted by Gasteiger charge is 2.72.